The van der Waals surface area contributed by atoms with Gasteiger partial charge in [-0.3, -0.25) is 4.79 Å². The standard InChI is InChI=1S/C9H15NO3S/c1-2-3-4-9(11)10-8-5-6-14(12,13)7-8/h5-6,8H,2-4,7H2,1H3,(H,10,11). The molecule has 4 nitrogen and oxygen atoms in total. The van der Waals surface area contributed by atoms with E-state index in [9.17, 15) is 13.2 Å². The third kappa shape index (κ3) is 3.49. The van der Waals surface area contributed by atoms with E-state index in [-0.39, 0.29) is 17.7 Å². The van der Waals surface area contributed by atoms with Crippen molar-refractivity contribution < 1.29 is 13.2 Å². The molecule has 0 aliphatic carbocycles. The van der Waals surface area contributed by atoms with Crippen LogP contribution in [0.4, 0.5) is 0 Å². The van der Waals surface area contributed by atoms with Gasteiger partial charge in [0.2, 0.25) is 5.91 Å². The Morgan fingerprint density at radius 3 is 2.79 bits per heavy atom. The van der Waals surface area contributed by atoms with Crippen LogP contribution in [0.15, 0.2) is 11.5 Å². The van der Waals surface area contributed by atoms with Crippen LogP contribution in [0.25, 0.3) is 0 Å². The van der Waals surface area contributed by atoms with Gasteiger partial charge in [-0.05, 0) is 12.5 Å². The Morgan fingerprint density at radius 2 is 2.29 bits per heavy atom. The molecule has 0 saturated carbocycles. The lowest BCUT2D eigenvalue weighted by Gasteiger charge is -2.08. The summed E-state index contributed by atoms with van der Waals surface area (Å²) in [5.74, 6) is -0.0659. The van der Waals surface area contributed by atoms with E-state index in [1.165, 1.54) is 6.08 Å². The first kappa shape index (κ1) is 11.2. The molecule has 1 heterocycles. The SMILES string of the molecule is CCCCC(=O)NC1C=CS(=O)(=O)C1. The lowest BCUT2D eigenvalue weighted by molar-refractivity contribution is -0.121. The second-order valence-corrected chi connectivity index (χ2v) is 5.37. The van der Waals surface area contributed by atoms with Crippen molar-refractivity contribution in [2.45, 2.75) is 32.2 Å². The van der Waals surface area contributed by atoms with Gasteiger partial charge in [0.25, 0.3) is 0 Å². The minimum absolute atomic E-state index is 0.00483. The molecule has 1 aliphatic rings. The Hall–Kier alpha value is -0.840. The molecule has 0 aromatic carbocycles. The van der Waals surface area contributed by atoms with Crippen molar-refractivity contribution in [1.82, 2.24) is 5.32 Å². The van der Waals surface area contributed by atoms with E-state index in [0.29, 0.717) is 6.42 Å². The minimum atomic E-state index is -3.06. The predicted molar refractivity (Wildman–Crippen MR) is 54.4 cm³/mol. The highest BCUT2D eigenvalue weighted by Gasteiger charge is 2.22. The number of amides is 1. The minimum Gasteiger partial charge on any atom is -0.349 e. The third-order valence-corrected chi connectivity index (χ3v) is 3.43. The zero-order valence-corrected chi connectivity index (χ0v) is 9.01. The maximum atomic E-state index is 11.2. The van der Waals surface area contributed by atoms with Gasteiger partial charge in [-0.2, -0.15) is 0 Å². The number of carbonyl (C=O) groups is 1. The van der Waals surface area contributed by atoms with Crippen LogP contribution in [0.2, 0.25) is 0 Å². The van der Waals surface area contributed by atoms with E-state index in [4.69, 9.17) is 0 Å². The van der Waals surface area contributed by atoms with Crippen molar-refractivity contribution in [2.24, 2.45) is 0 Å². The summed E-state index contributed by atoms with van der Waals surface area (Å²) in [5, 5.41) is 3.83. The van der Waals surface area contributed by atoms with Crippen LogP contribution in [0.3, 0.4) is 0 Å². The number of carbonyl (C=O) groups excluding carboxylic acids is 1. The number of sulfone groups is 1. The Labute approximate surface area is 84.3 Å². The van der Waals surface area contributed by atoms with Gasteiger partial charge < -0.3 is 5.32 Å². The summed E-state index contributed by atoms with van der Waals surface area (Å²) < 4.78 is 22.0. The molecule has 1 rings (SSSR count). The van der Waals surface area contributed by atoms with Crippen LogP contribution in [-0.4, -0.2) is 26.1 Å². The summed E-state index contributed by atoms with van der Waals surface area (Å²) in [6.45, 7) is 2.01. The summed E-state index contributed by atoms with van der Waals surface area (Å²) in [5.41, 5.74) is 0. The number of unbranched alkanes of at least 4 members (excludes halogenated alkanes) is 1. The van der Waals surface area contributed by atoms with Crippen LogP contribution in [0.5, 0.6) is 0 Å². The lowest BCUT2D eigenvalue weighted by atomic mass is 10.2. The van der Waals surface area contributed by atoms with Crippen molar-refractivity contribution in [1.29, 1.82) is 0 Å². The average molecular weight is 217 g/mol. The number of nitrogens with one attached hydrogen (secondary N) is 1. The Bertz CT molecular complexity index is 332. The molecule has 1 atom stereocenters. The molecular weight excluding hydrogens is 202 g/mol. The molecule has 0 fully saturated rings. The van der Waals surface area contributed by atoms with E-state index < -0.39 is 9.84 Å². The Kier molecular flexibility index (Phi) is 3.69. The van der Waals surface area contributed by atoms with Gasteiger partial charge in [0.05, 0.1) is 11.8 Å². The molecule has 0 spiro atoms. The summed E-state index contributed by atoms with van der Waals surface area (Å²) in [7, 11) is -3.06. The Balaban J connectivity index is 2.34. The van der Waals surface area contributed by atoms with Crippen molar-refractivity contribution in [3.05, 3.63) is 11.5 Å². The first-order chi connectivity index (χ1) is 6.53. The maximum Gasteiger partial charge on any atom is 0.220 e. The summed E-state index contributed by atoms with van der Waals surface area (Å²) in [6, 6.07) is -0.329. The van der Waals surface area contributed by atoms with Crippen LogP contribution < -0.4 is 5.32 Å². The average Bonchev–Trinajstić information content (AvgIpc) is 2.42. The van der Waals surface area contributed by atoms with Gasteiger partial charge in [0, 0.05) is 11.8 Å². The molecule has 0 aromatic rings. The van der Waals surface area contributed by atoms with E-state index in [2.05, 4.69) is 5.32 Å². The molecule has 1 N–H and O–H groups in total. The monoisotopic (exact) mass is 217 g/mol. The predicted octanol–water partition coefficient (Wildman–Crippen LogP) is 0.603. The fourth-order valence-electron chi connectivity index (χ4n) is 1.28. The smallest absolute Gasteiger partial charge is 0.220 e. The van der Waals surface area contributed by atoms with E-state index in [1.54, 1.807) is 0 Å². The fourth-order valence-corrected chi connectivity index (χ4v) is 2.52. The van der Waals surface area contributed by atoms with E-state index >= 15 is 0 Å². The summed E-state index contributed by atoms with van der Waals surface area (Å²) in [4.78, 5) is 11.2. The molecule has 0 bridgehead atoms. The van der Waals surface area contributed by atoms with Gasteiger partial charge >= 0.3 is 0 Å². The maximum absolute atomic E-state index is 11.2. The number of rotatable bonds is 4. The lowest BCUT2D eigenvalue weighted by Crippen LogP contribution is -2.35. The zero-order valence-electron chi connectivity index (χ0n) is 8.19. The van der Waals surface area contributed by atoms with Crippen LogP contribution in [0, 0.1) is 0 Å². The van der Waals surface area contributed by atoms with Crippen molar-refractivity contribution in [3.8, 4) is 0 Å². The van der Waals surface area contributed by atoms with E-state index in [1.807, 2.05) is 6.92 Å². The highest BCUT2D eigenvalue weighted by Crippen LogP contribution is 2.08. The molecule has 1 aliphatic heterocycles. The zero-order chi connectivity index (χ0) is 10.6. The molecular formula is C9H15NO3S. The third-order valence-electron chi connectivity index (χ3n) is 2.03. The highest BCUT2D eigenvalue weighted by atomic mass is 32.2. The fraction of sp³-hybridized carbons (Fsp3) is 0.667. The van der Waals surface area contributed by atoms with Crippen molar-refractivity contribution in [3.63, 3.8) is 0 Å². The highest BCUT2D eigenvalue weighted by molar-refractivity contribution is 7.94. The molecule has 1 amide bonds. The molecule has 14 heavy (non-hydrogen) atoms. The molecule has 1 unspecified atom stereocenters. The molecule has 0 radical (unpaired) electrons. The normalized spacial score (nSPS) is 23.6. The number of hydrogen-bond acceptors (Lipinski definition) is 3. The van der Waals surface area contributed by atoms with Gasteiger partial charge in [0.15, 0.2) is 9.84 Å². The van der Waals surface area contributed by atoms with Crippen molar-refractivity contribution >= 4 is 15.7 Å². The van der Waals surface area contributed by atoms with Gasteiger partial charge in [-0.25, -0.2) is 8.42 Å². The summed E-state index contributed by atoms with van der Waals surface area (Å²) in [6.07, 6.45) is 3.81. The molecule has 5 heteroatoms. The van der Waals surface area contributed by atoms with Crippen molar-refractivity contribution in [2.75, 3.05) is 5.75 Å². The van der Waals surface area contributed by atoms with Crippen LogP contribution in [0.1, 0.15) is 26.2 Å². The topological polar surface area (TPSA) is 63.2 Å². The van der Waals surface area contributed by atoms with Gasteiger partial charge in [0.1, 0.15) is 0 Å². The van der Waals surface area contributed by atoms with Crippen LogP contribution >= 0.6 is 0 Å². The quantitative estimate of drug-likeness (QED) is 0.750. The molecule has 0 aromatic heterocycles. The summed E-state index contributed by atoms with van der Waals surface area (Å²) >= 11 is 0. The largest absolute Gasteiger partial charge is 0.349 e. The second kappa shape index (κ2) is 4.59. The van der Waals surface area contributed by atoms with Crippen LogP contribution in [-0.2, 0) is 14.6 Å². The Morgan fingerprint density at radius 1 is 1.57 bits per heavy atom. The number of hydrogen-bond donors (Lipinski definition) is 1. The van der Waals surface area contributed by atoms with E-state index in [0.717, 1.165) is 18.2 Å². The molecule has 80 valence electrons. The first-order valence-corrected chi connectivity index (χ1v) is 6.45. The van der Waals surface area contributed by atoms with Gasteiger partial charge in [-0.1, -0.05) is 13.3 Å². The second-order valence-electron chi connectivity index (χ2n) is 3.44. The first-order valence-electron chi connectivity index (χ1n) is 4.74. The molecule has 0 saturated heterocycles. The van der Waals surface area contributed by atoms with Gasteiger partial charge in [-0.15, -0.1) is 0 Å².